The summed E-state index contributed by atoms with van der Waals surface area (Å²) in [5, 5.41) is 1.10. The average Bonchev–Trinajstić information content (AvgIpc) is 3.26. The molecule has 4 aromatic rings. The second-order valence-electron chi connectivity index (χ2n) is 6.41. The molecule has 0 radical (unpaired) electrons. The fourth-order valence-corrected chi connectivity index (χ4v) is 4.32. The zero-order valence-electron chi connectivity index (χ0n) is 16.7. The van der Waals surface area contributed by atoms with Crippen molar-refractivity contribution in [2.24, 2.45) is 0 Å². The number of pyridine rings is 1. The van der Waals surface area contributed by atoms with Gasteiger partial charge in [-0.05, 0) is 23.8 Å². The minimum Gasteiger partial charge on any atom is -0.378 e. The number of anilines is 1. The van der Waals surface area contributed by atoms with Crippen LogP contribution in [0.15, 0.2) is 60.9 Å². The lowest BCUT2D eigenvalue weighted by atomic mass is 10.2. The van der Waals surface area contributed by atoms with Crippen LogP contribution in [0.3, 0.4) is 0 Å². The number of fused-ring (bicyclic) bond motifs is 1. The summed E-state index contributed by atoms with van der Waals surface area (Å²) in [6.07, 6.45) is 3.58. The Morgan fingerprint density at radius 3 is 2.41 bits per heavy atom. The number of aromatic nitrogens is 3. The molecule has 0 N–H and O–H groups in total. The van der Waals surface area contributed by atoms with Gasteiger partial charge in [0.1, 0.15) is 10.6 Å². The van der Waals surface area contributed by atoms with E-state index < -0.39 is 0 Å². The van der Waals surface area contributed by atoms with Gasteiger partial charge in [0, 0.05) is 35.9 Å². The van der Waals surface area contributed by atoms with Gasteiger partial charge < -0.3 is 9.64 Å². The molecule has 6 heteroatoms. The topological polar surface area (TPSA) is 51.1 Å². The first kappa shape index (κ1) is 19.5. The molecule has 0 unspecified atom stereocenters. The summed E-state index contributed by atoms with van der Waals surface area (Å²) in [6, 6.07) is 16.6. The van der Waals surface area contributed by atoms with E-state index in [9.17, 15) is 0 Å². The molecule has 5 nitrogen and oxygen atoms in total. The van der Waals surface area contributed by atoms with Crippen LogP contribution >= 0.6 is 11.3 Å². The van der Waals surface area contributed by atoms with Crippen LogP contribution < -0.4 is 4.90 Å². The summed E-state index contributed by atoms with van der Waals surface area (Å²) < 4.78 is 5.53. The van der Waals surface area contributed by atoms with E-state index in [0.717, 1.165) is 53.7 Å². The minimum absolute atomic E-state index is 0.721. The molecule has 29 heavy (non-hydrogen) atoms. The molecule has 0 saturated carbocycles. The van der Waals surface area contributed by atoms with E-state index in [1.807, 2.05) is 38.2 Å². The van der Waals surface area contributed by atoms with Gasteiger partial charge in [-0.2, -0.15) is 0 Å². The lowest BCUT2D eigenvalue weighted by Gasteiger charge is -2.28. The molecule has 1 saturated heterocycles. The molecule has 148 valence electrons. The first-order valence-corrected chi connectivity index (χ1v) is 10.8. The van der Waals surface area contributed by atoms with Crippen LogP contribution in [0.4, 0.5) is 5.82 Å². The standard InChI is InChI=1S/C21H18N4OS.C2H6/c1-2-5-15(6-3-1)18-13-17-20(25-9-11-26-12-10-25)23-19(24-21(17)27-18)16-7-4-8-22-14-16;1-2/h1-8,13-14H,9-12H2;1-2H3. The number of hydrogen-bond acceptors (Lipinski definition) is 6. The van der Waals surface area contributed by atoms with Crippen molar-refractivity contribution in [3.63, 3.8) is 0 Å². The Morgan fingerprint density at radius 1 is 0.931 bits per heavy atom. The predicted molar refractivity (Wildman–Crippen MR) is 120 cm³/mol. The molecule has 3 aromatic heterocycles. The lowest BCUT2D eigenvalue weighted by molar-refractivity contribution is 0.122. The first-order valence-electron chi connectivity index (χ1n) is 9.98. The SMILES string of the molecule is CC.c1ccc(-c2cc3c(N4CCOCC4)nc(-c4cccnc4)nc3s2)cc1. The molecule has 0 atom stereocenters. The zero-order chi connectivity index (χ0) is 20.1. The van der Waals surface area contributed by atoms with Gasteiger partial charge in [0.15, 0.2) is 5.82 Å². The summed E-state index contributed by atoms with van der Waals surface area (Å²) >= 11 is 1.71. The van der Waals surface area contributed by atoms with E-state index in [0.29, 0.717) is 0 Å². The Balaban J connectivity index is 0.000000994. The van der Waals surface area contributed by atoms with Gasteiger partial charge in [-0.25, -0.2) is 9.97 Å². The molecule has 0 aliphatic carbocycles. The van der Waals surface area contributed by atoms with E-state index in [4.69, 9.17) is 14.7 Å². The first-order chi connectivity index (χ1) is 14.4. The van der Waals surface area contributed by atoms with Gasteiger partial charge >= 0.3 is 0 Å². The molecule has 4 heterocycles. The number of morpholine rings is 1. The van der Waals surface area contributed by atoms with Crippen molar-refractivity contribution in [2.45, 2.75) is 13.8 Å². The Kier molecular flexibility index (Phi) is 6.12. The molecule has 1 aliphatic heterocycles. The maximum atomic E-state index is 5.53. The molecule has 1 fully saturated rings. The Labute approximate surface area is 175 Å². The van der Waals surface area contributed by atoms with Crippen molar-refractivity contribution in [3.05, 3.63) is 60.9 Å². The van der Waals surface area contributed by atoms with Crippen molar-refractivity contribution < 1.29 is 4.74 Å². The second-order valence-corrected chi connectivity index (χ2v) is 7.44. The Hall–Kier alpha value is -2.83. The van der Waals surface area contributed by atoms with Gasteiger partial charge in [-0.15, -0.1) is 11.3 Å². The number of rotatable bonds is 3. The highest BCUT2D eigenvalue weighted by Gasteiger charge is 2.20. The van der Waals surface area contributed by atoms with Gasteiger partial charge in [-0.3, -0.25) is 4.98 Å². The fraction of sp³-hybridized carbons (Fsp3) is 0.261. The quantitative estimate of drug-likeness (QED) is 0.465. The highest BCUT2D eigenvalue weighted by Crippen LogP contribution is 2.37. The van der Waals surface area contributed by atoms with Gasteiger partial charge in [0.25, 0.3) is 0 Å². The number of hydrogen-bond donors (Lipinski definition) is 0. The van der Waals surface area contributed by atoms with Gasteiger partial charge in [0.05, 0.1) is 18.6 Å². The van der Waals surface area contributed by atoms with Crippen LogP contribution in [0.1, 0.15) is 13.8 Å². The summed E-state index contributed by atoms with van der Waals surface area (Å²) in [4.78, 5) is 18.5. The van der Waals surface area contributed by atoms with Crippen molar-refractivity contribution in [2.75, 3.05) is 31.2 Å². The predicted octanol–water partition coefficient (Wildman–Crippen LogP) is 5.28. The van der Waals surface area contributed by atoms with Crippen LogP contribution in [0, 0.1) is 0 Å². The van der Waals surface area contributed by atoms with Crippen LogP contribution in [0.25, 0.3) is 32.0 Å². The Morgan fingerprint density at radius 2 is 1.69 bits per heavy atom. The smallest absolute Gasteiger partial charge is 0.164 e. The lowest BCUT2D eigenvalue weighted by Crippen LogP contribution is -2.37. The molecular weight excluding hydrogens is 380 g/mol. The summed E-state index contributed by atoms with van der Waals surface area (Å²) in [5.41, 5.74) is 2.14. The molecule has 0 amide bonds. The van der Waals surface area contributed by atoms with E-state index in [1.165, 1.54) is 10.4 Å². The average molecular weight is 405 g/mol. The third-order valence-corrected chi connectivity index (χ3v) is 5.74. The largest absolute Gasteiger partial charge is 0.378 e. The van der Waals surface area contributed by atoms with Crippen LogP contribution in [-0.4, -0.2) is 41.3 Å². The van der Waals surface area contributed by atoms with E-state index in [-0.39, 0.29) is 0 Å². The fourth-order valence-electron chi connectivity index (χ4n) is 3.29. The van der Waals surface area contributed by atoms with E-state index in [2.05, 4.69) is 40.2 Å². The van der Waals surface area contributed by atoms with Gasteiger partial charge in [-0.1, -0.05) is 44.2 Å². The van der Waals surface area contributed by atoms with Crippen molar-refractivity contribution in [1.29, 1.82) is 0 Å². The summed E-state index contributed by atoms with van der Waals surface area (Å²) in [5.74, 6) is 1.71. The second kappa shape index (κ2) is 9.11. The highest BCUT2D eigenvalue weighted by molar-refractivity contribution is 7.22. The molecule has 0 spiro atoms. The van der Waals surface area contributed by atoms with E-state index in [1.54, 1.807) is 17.5 Å². The number of benzene rings is 1. The van der Waals surface area contributed by atoms with Crippen molar-refractivity contribution >= 4 is 27.4 Å². The number of ether oxygens (including phenoxy) is 1. The van der Waals surface area contributed by atoms with Crippen LogP contribution in [0.5, 0.6) is 0 Å². The molecular formula is C23H24N4OS. The highest BCUT2D eigenvalue weighted by atomic mass is 32.1. The molecule has 1 aliphatic rings. The molecule has 0 bridgehead atoms. The maximum absolute atomic E-state index is 5.53. The number of nitrogens with zero attached hydrogens (tertiary/aromatic N) is 4. The molecule has 5 rings (SSSR count). The monoisotopic (exact) mass is 404 g/mol. The third kappa shape index (κ3) is 4.13. The minimum atomic E-state index is 0.721. The number of thiophene rings is 1. The maximum Gasteiger partial charge on any atom is 0.164 e. The normalized spacial score (nSPS) is 13.8. The third-order valence-electron chi connectivity index (χ3n) is 4.66. The van der Waals surface area contributed by atoms with E-state index >= 15 is 0 Å². The van der Waals surface area contributed by atoms with Crippen molar-refractivity contribution in [1.82, 2.24) is 15.0 Å². The summed E-state index contributed by atoms with van der Waals surface area (Å²) in [6.45, 7) is 7.14. The Bertz CT molecular complexity index is 1060. The van der Waals surface area contributed by atoms with Gasteiger partial charge in [0.2, 0.25) is 0 Å². The van der Waals surface area contributed by atoms with Crippen molar-refractivity contribution in [3.8, 4) is 21.8 Å². The zero-order valence-corrected chi connectivity index (χ0v) is 17.5. The van der Waals surface area contributed by atoms with Crippen LogP contribution in [-0.2, 0) is 4.74 Å². The molecule has 1 aromatic carbocycles. The van der Waals surface area contributed by atoms with Crippen LogP contribution in [0.2, 0.25) is 0 Å². The summed E-state index contributed by atoms with van der Waals surface area (Å²) in [7, 11) is 0.